The normalized spacial score (nSPS) is 14.4. The molecule has 1 aliphatic rings. The molecule has 0 radical (unpaired) electrons. The van der Waals surface area contributed by atoms with Gasteiger partial charge < -0.3 is 4.57 Å². The molecule has 0 saturated heterocycles. The molecule has 1 aliphatic heterocycles. The van der Waals surface area contributed by atoms with Gasteiger partial charge in [-0.05, 0) is 68.4 Å². The van der Waals surface area contributed by atoms with E-state index in [1.165, 1.54) is 60.9 Å². The highest BCUT2D eigenvalue weighted by Crippen LogP contribution is 2.54. The molecule has 60 heavy (non-hydrogen) atoms. The minimum Gasteiger partial charge on any atom is -0.309 e. The standard InChI is InChI=1S/C56H36N4/c1-4-15-38(16-5-1)53-57-54(39-17-6-2-7-18-39)59-55(58-53)43-30-29-41-35-40(27-28-42(41)36-43)37-31-33-45(34-32-37)56(44-19-8-3-9-20-44)48-23-11-13-26-51(48)60-50-25-12-10-21-46(50)47-22-14-24-49(56)52(47)60/h1-36H. The third kappa shape index (κ3) is 5.21. The van der Waals surface area contributed by atoms with Gasteiger partial charge in [0.15, 0.2) is 17.5 Å². The monoisotopic (exact) mass is 764 g/mol. The molecular weight excluding hydrogens is 729 g/mol. The van der Waals surface area contributed by atoms with Gasteiger partial charge >= 0.3 is 0 Å². The van der Waals surface area contributed by atoms with Crippen LogP contribution in [-0.2, 0) is 5.41 Å². The van der Waals surface area contributed by atoms with E-state index in [4.69, 9.17) is 15.0 Å². The highest BCUT2D eigenvalue weighted by molar-refractivity contribution is 6.12. The number of rotatable bonds is 6. The van der Waals surface area contributed by atoms with Crippen molar-refractivity contribution in [3.05, 3.63) is 241 Å². The lowest BCUT2D eigenvalue weighted by Crippen LogP contribution is -2.35. The van der Waals surface area contributed by atoms with Crippen LogP contribution >= 0.6 is 0 Å². The Balaban J connectivity index is 0.965. The highest BCUT2D eigenvalue weighted by atomic mass is 15.0. The zero-order valence-corrected chi connectivity index (χ0v) is 32.6. The van der Waals surface area contributed by atoms with Gasteiger partial charge in [0.2, 0.25) is 0 Å². The van der Waals surface area contributed by atoms with Crippen molar-refractivity contribution in [3.63, 3.8) is 0 Å². The molecule has 3 heterocycles. The molecule has 4 heteroatoms. The van der Waals surface area contributed by atoms with Crippen molar-refractivity contribution >= 4 is 32.6 Å². The zero-order valence-electron chi connectivity index (χ0n) is 32.6. The molecule has 1 atom stereocenters. The van der Waals surface area contributed by atoms with Crippen LogP contribution < -0.4 is 0 Å². The van der Waals surface area contributed by atoms with Gasteiger partial charge in [-0.2, -0.15) is 0 Å². The second kappa shape index (κ2) is 13.6. The summed E-state index contributed by atoms with van der Waals surface area (Å²) in [6.45, 7) is 0. The molecule has 1 unspecified atom stereocenters. The van der Waals surface area contributed by atoms with E-state index in [9.17, 15) is 0 Å². The summed E-state index contributed by atoms with van der Waals surface area (Å²) in [7, 11) is 0. The molecule has 0 bridgehead atoms. The van der Waals surface area contributed by atoms with E-state index in [0.29, 0.717) is 17.5 Å². The van der Waals surface area contributed by atoms with Crippen LogP contribution in [0.1, 0.15) is 22.3 Å². The van der Waals surface area contributed by atoms with Crippen LogP contribution in [0.3, 0.4) is 0 Å². The summed E-state index contributed by atoms with van der Waals surface area (Å²) in [5, 5.41) is 4.83. The summed E-state index contributed by atoms with van der Waals surface area (Å²) in [5.41, 5.74) is 13.4. The molecule has 0 spiro atoms. The van der Waals surface area contributed by atoms with E-state index in [1.807, 2.05) is 60.7 Å². The molecule has 0 fully saturated rings. The fraction of sp³-hybridized carbons (Fsp3) is 0.0179. The van der Waals surface area contributed by atoms with Crippen LogP contribution in [0.2, 0.25) is 0 Å². The van der Waals surface area contributed by atoms with Gasteiger partial charge in [-0.25, -0.2) is 15.0 Å². The SMILES string of the molecule is c1ccc(-c2nc(-c3ccccc3)nc(-c3ccc4cc(-c5ccc(C6(c7ccccc7)c7ccccc7-n7c8ccccc8c8cccc6c87)cc5)ccc4c3)n2)cc1. The second-order valence-corrected chi connectivity index (χ2v) is 15.6. The summed E-state index contributed by atoms with van der Waals surface area (Å²) in [5.74, 6) is 1.96. The summed E-state index contributed by atoms with van der Waals surface area (Å²) < 4.78 is 2.48. The topological polar surface area (TPSA) is 43.6 Å². The van der Waals surface area contributed by atoms with Gasteiger partial charge in [-0.1, -0.05) is 194 Å². The Kier molecular flexibility index (Phi) is 7.72. The van der Waals surface area contributed by atoms with Crippen LogP contribution in [0.5, 0.6) is 0 Å². The Morgan fingerprint density at radius 2 is 0.833 bits per heavy atom. The molecule has 12 rings (SSSR count). The predicted molar refractivity (Wildman–Crippen MR) is 245 cm³/mol. The van der Waals surface area contributed by atoms with E-state index in [0.717, 1.165) is 27.5 Å². The van der Waals surface area contributed by atoms with Crippen molar-refractivity contribution in [2.24, 2.45) is 0 Å². The lowest BCUT2D eigenvalue weighted by atomic mass is 9.63. The zero-order chi connectivity index (χ0) is 39.6. The number of hydrogen-bond donors (Lipinski definition) is 0. The van der Waals surface area contributed by atoms with Gasteiger partial charge in [0.05, 0.1) is 22.1 Å². The van der Waals surface area contributed by atoms with Crippen molar-refractivity contribution in [2.75, 3.05) is 0 Å². The summed E-state index contributed by atoms with van der Waals surface area (Å²) in [6, 6.07) is 78.4. The number of nitrogens with zero attached hydrogens (tertiary/aromatic N) is 4. The fourth-order valence-corrected chi connectivity index (χ4v) is 9.59. The minimum absolute atomic E-state index is 0.532. The van der Waals surface area contributed by atoms with Crippen LogP contribution in [0, 0.1) is 0 Å². The van der Waals surface area contributed by atoms with E-state index >= 15 is 0 Å². The smallest absolute Gasteiger partial charge is 0.164 e. The van der Waals surface area contributed by atoms with Crippen LogP contribution in [0.4, 0.5) is 0 Å². The fourth-order valence-electron chi connectivity index (χ4n) is 9.59. The Hall–Kier alpha value is -7.95. The first-order valence-electron chi connectivity index (χ1n) is 20.4. The second-order valence-electron chi connectivity index (χ2n) is 15.6. The first kappa shape index (κ1) is 34.1. The quantitative estimate of drug-likeness (QED) is 0.169. The van der Waals surface area contributed by atoms with Gasteiger partial charge in [0.25, 0.3) is 0 Å². The minimum atomic E-state index is -0.532. The molecule has 280 valence electrons. The molecule has 11 aromatic rings. The summed E-state index contributed by atoms with van der Waals surface area (Å²) in [4.78, 5) is 14.8. The first-order valence-corrected chi connectivity index (χ1v) is 20.4. The Morgan fingerprint density at radius 3 is 1.53 bits per heavy atom. The van der Waals surface area contributed by atoms with E-state index in [2.05, 4.69) is 162 Å². The molecular formula is C56H36N4. The average Bonchev–Trinajstić information content (AvgIpc) is 3.68. The Morgan fingerprint density at radius 1 is 0.333 bits per heavy atom. The van der Waals surface area contributed by atoms with Crippen molar-refractivity contribution in [2.45, 2.75) is 5.41 Å². The van der Waals surface area contributed by atoms with Crippen LogP contribution in [0.15, 0.2) is 218 Å². The van der Waals surface area contributed by atoms with E-state index in [-0.39, 0.29) is 0 Å². The first-order chi connectivity index (χ1) is 29.7. The van der Waals surface area contributed by atoms with Gasteiger partial charge in [0, 0.05) is 27.5 Å². The Labute approximate surface area is 347 Å². The number of hydrogen-bond acceptors (Lipinski definition) is 3. The maximum absolute atomic E-state index is 4.97. The molecule has 0 N–H and O–H groups in total. The van der Waals surface area contributed by atoms with Gasteiger partial charge in [-0.3, -0.25) is 0 Å². The number of fused-ring (bicyclic) bond motifs is 6. The predicted octanol–water partition coefficient (Wildman–Crippen LogP) is 13.5. The maximum Gasteiger partial charge on any atom is 0.164 e. The Bertz CT molecular complexity index is 3350. The lowest BCUT2D eigenvalue weighted by Gasteiger charge is -2.41. The summed E-state index contributed by atoms with van der Waals surface area (Å²) >= 11 is 0. The molecule has 0 amide bonds. The molecule has 0 saturated carbocycles. The van der Waals surface area contributed by atoms with Gasteiger partial charge in [-0.15, -0.1) is 0 Å². The van der Waals surface area contributed by atoms with Crippen molar-refractivity contribution in [1.82, 2.24) is 19.5 Å². The molecule has 0 aliphatic carbocycles. The van der Waals surface area contributed by atoms with Crippen LogP contribution in [0.25, 0.3) is 83.6 Å². The van der Waals surface area contributed by atoms with Crippen molar-refractivity contribution in [3.8, 4) is 51.0 Å². The number of aromatic nitrogens is 4. The van der Waals surface area contributed by atoms with Gasteiger partial charge in [0.1, 0.15) is 0 Å². The van der Waals surface area contributed by atoms with Crippen molar-refractivity contribution < 1.29 is 0 Å². The molecule has 2 aromatic heterocycles. The molecule has 9 aromatic carbocycles. The van der Waals surface area contributed by atoms with Crippen molar-refractivity contribution in [1.29, 1.82) is 0 Å². The average molecular weight is 765 g/mol. The highest BCUT2D eigenvalue weighted by Gasteiger charge is 2.45. The number of benzene rings is 9. The lowest BCUT2D eigenvalue weighted by molar-refractivity contribution is 0.728. The molecule has 4 nitrogen and oxygen atoms in total. The summed E-state index contributed by atoms with van der Waals surface area (Å²) in [6.07, 6.45) is 0. The van der Waals surface area contributed by atoms with E-state index in [1.54, 1.807) is 0 Å². The van der Waals surface area contributed by atoms with Crippen LogP contribution in [-0.4, -0.2) is 19.5 Å². The maximum atomic E-state index is 4.97. The van der Waals surface area contributed by atoms with E-state index < -0.39 is 5.41 Å². The number of para-hydroxylation sites is 3. The third-order valence-electron chi connectivity index (χ3n) is 12.3. The largest absolute Gasteiger partial charge is 0.309 e. The third-order valence-corrected chi connectivity index (χ3v) is 12.3.